The number of hydrogen-bond donors (Lipinski definition) is 3. The number of rotatable bonds is 5. The second-order valence-corrected chi connectivity index (χ2v) is 5.05. The van der Waals surface area contributed by atoms with Gasteiger partial charge in [0.1, 0.15) is 0 Å². The second-order valence-electron chi connectivity index (χ2n) is 5.05. The van der Waals surface area contributed by atoms with Crippen LogP contribution in [0.3, 0.4) is 0 Å². The lowest BCUT2D eigenvalue weighted by Crippen LogP contribution is -2.29. The predicted molar refractivity (Wildman–Crippen MR) is 79.6 cm³/mol. The lowest BCUT2D eigenvalue weighted by Gasteiger charge is -2.16. The number of anilines is 2. The zero-order valence-corrected chi connectivity index (χ0v) is 11.8. The highest BCUT2D eigenvalue weighted by atomic mass is 16.1. The fourth-order valence-electron chi connectivity index (χ4n) is 2.37. The summed E-state index contributed by atoms with van der Waals surface area (Å²) in [6.07, 6.45) is 3.00. The van der Waals surface area contributed by atoms with Gasteiger partial charge in [0.2, 0.25) is 5.91 Å². The molecule has 1 heterocycles. The number of carbonyl (C=O) groups excluding carboxylic acids is 1. The fourth-order valence-corrected chi connectivity index (χ4v) is 2.37. The average Bonchev–Trinajstić information content (AvgIpc) is 2.93. The molecule has 0 spiro atoms. The van der Waals surface area contributed by atoms with Crippen molar-refractivity contribution in [2.24, 2.45) is 0 Å². The minimum Gasteiger partial charge on any atom is -0.383 e. The molecular formula is C15H23N3O. The summed E-state index contributed by atoms with van der Waals surface area (Å²) in [6, 6.07) is 6.55. The van der Waals surface area contributed by atoms with E-state index in [2.05, 4.69) is 22.0 Å². The highest BCUT2D eigenvalue weighted by Crippen LogP contribution is 2.23. The van der Waals surface area contributed by atoms with Gasteiger partial charge in [0.25, 0.3) is 0 Å². The maximum absolute atomic E-state index is 11.5. The molecule has 0 bridgehead atoms. The van der Waals surface area contributed by atoms with Crippen LogP contribution in [0.2, 0.25) is 0 Å². The molecule has 4 nitrogen and oxygen atoms in total. The molecule has 1 aromatic carbocycles. The van der Waals surface area contributed by atoms with Crippen LogP contribution in [0.1, 0.15) is 31.7 Å². The van der Waals surface area contributed by atoms with Gasteiger partial charge in [-0.3, -0.25) is 4.79 Å². The Labute approximate surface area is 115 Å². The van der Waals surface area contributed by atoms with E-state index in [-0.39, 0.29) is 5.91 Å². The van der Waals surface area contributed by atoms with Crippen molar-refractivity contribution in [2.45, 2.75) is 39.2 Å². The SMILES string of the molecule is CCC(=O)Nc1cccc(NCC2CCCN2)c1C. The topological polar surface area (TPSA) is 53.2 Å². The summed E-state index contributed by atoms with van der Waals surface area (Å²) >= 11 is 0. The van der Waals surface area contributed by atoms with Crippen LogP contribution in [0, 0.1) is 6.92 Å². The Bertz CT molecular complexity index is 439. The van der Waals surface area contributed by atoms with E-state index in [4.69, 9.17) is 0 Å². The van der Waals surface area contributed by atoms with Gasteiger partial charge in [0.05, 0.1) is 0 Å². The lowest BCUT2D eigenvalue weighted by atomic mass is 10.1. The predicted octanol–water partition coefficient (Wildman–Crippen LogP) is 2.51. The third-order valence-corrected chi connectivity index (χ3v) is 3.63. The first-order chi connectivity index (χ1) is 9.20. The molecule has 0 aliphatic carbocycles. The minimum atomic E-state index is 0.0534. The molecule has 1 unspecified atom stereocenters. The van der Waals surface area contributed by atoms with Crippen LogP contribution in [-0.2, 0) is 4.79 Å². The van der Waals surface area contributed by atoms with Crippen LogP contribution in [-0.4, -0.2) is 25.0 Å². The van der Waals surface area contributed by atoms with Crippen LogP contribution in [0.25, 0.3) is 0 Å². The molecule has 1 atom stereocenters. The summed E-state index contributed by atoms with van der Waals surface area (Å²) in [5.74, 6) is 0.0534. The van der Waals surface area contributed by atoms with Crippen LogP contribution in [0.15, 0.2) is 18.2 Å². The lowest BCUT2D eigenvalue weighted by molar-refractivity contribution is -0.115. The van der Waals surface area contributed by atoms with Crippen LogP contribution in [0.5, 0.6) is 0 Å². The first-order valence-corrected chi connectivity index (χ1v) is 7.07. The molecule has 1 aromatic rings. The molecule has 0 radical (unpaired) electrons. The van der Waals surface area contributed by atoms with Gasteiger partial charge in [-0.1, -0.05) is 13.0 Å². The largest absolute Gasteiger partial charge is 0.383 e. The summed E-state index contributed by atoms with van der Waals surface area (Å²) in [5, 5.41) is 9.88. The number of hydrogen-bond acceptors (Lipinski definition) is 3. The van der Waals surface area contributed by atoms with Crippen molar-refractivity contribution in [1.82, 2.24) is 5.32 Å². The molecule has 3 N–H and O–H groups in total. The highest BCUT2D eigenvalue weighted by molar-refractivity contribution is 5.92. The average molecular weight is 261 g/mol. The van der Waals surface area contributed by atoms with E-state index in [1.165, 1.54) is 12.8 Å². The Balaban J connectivity index is 1.99. The van der Waals surface area contributed by atoms with Crippen LogP contribution in [0.4, 0.5) is 11.4 Å². The molecule has 1 aliphatic heterocycles. The Morgan fingerprint density at radius 2 is 2.21 bits per heavy atom. The molecule has 1 fully saturated rings. The first-order valence-electron chi connectivity index (χ1n) is 7.07. The van der Waals surface area contributed by atoms with E-state index in [0.29, 0.717) is 12.5 Å². The standard InChI is InChI=1S/C15H23N3O/c1-3-15(19)18-14-8-4-7-13(11(14)2)17-10-12-6-5-9-16-12/h4,7-8,12,16-17H,3,5-6,9-10H2,1-2H3,(H,18,19). The molecule has 1 saturated heterocycles. The summed E-state index contributed by atoms with van der Waals surface area (Å²) in [4.78, 5) is 11.5. The van der Waals surface area contributed by atoms with Gasteiger partial charge in [-0.2, -0.15) is 0 Å². The molecule has 0 saturated carbocycles. The Morgan fingerprint density at radius 1 is 1.42 bits per heavy atom. The van der Waals surface area contributed by atoms with Crippen molar-refractivity contribution in [3.8, 4) is 0 Å². The van der Waals surface area contributed by atoms with Crippen molar-refractivity contribution < 1.29 is 4.79 Å². The van der Waals surface area contributed by atoms with Crippen LogP contribution < -0.4 is 16.0 Å². The van der Waals surface area contributed by atoms with Gasteiger partial charge in [-0.05, 0) is 44.0 Å². The van der Waals surface area contributed by atoms with Crippen LogP contribution >= 0.6 is 0 Å². The van der Waals surface area contributed by atoms with Gasteiger partial charge in [0, 0.05) is 30.4 Å². The zero-order valence-electron chi connectivity index (χ0n) is 11.8. The molecule has 104 valence electrons. The van der Waals surface area contributed by atoms with Gasteiger partial charge < -0.3 is 16.0 Å². The van der Waals surface area contributed by atoms with E-state index in [1.807, 2.05) is 26.0 Å². The molecular weight excluding hydrogens is 238 g/mol. The van der Waals surface area contributed by atoms with Gasteiger partial charge in [-0.15, -0.1) is 0 Å². The maximum Gasteiger partial charge on any atom is 0.224 e. The molecule has 1 amide bonds. The van der Waals surface area contributed by atoms with Gasteiger partial charge >= 0.3 is 0 Å². The fraction of sp³-hybridized carbons (Fsp3) is 0.533. The minimum absolute atomic E-state index is 0.0534. The highest BCUT2D eigenvalue weighted by Gasteiger charge is 2.14. The number of carbonyl (C=O) groups is 1. The molecule has 0 aromatic heterocycles. The van der Waals surface area contributed by atoms with Crippen molar-refractivity contribution in [2.75, 3.05) is 23.7 Å². The molecule has 1 aliphatic rings. The number of benzene rings is 1. The Kier molecular flexibility index (Phi) is 4.80. The summed E-state index contributed by atoms with van der Waals surface area (Å²) < 4.78 is 0. The number of amides is 1. The van der Waals surface area contributed by atoms with Crippen molar-refractivity contribution in [3.63, 3.8) is 0 Å². The molecule has 4 heteroatoms. The van der Waals surface area contributed by atoms with Gasteiger partial charge in [-0.25, -0.2) is 0 Å². The second kappa shape index (κ2) is 6.57. The van der Waals surface area contributed by atoms with E-state index in [0.717, 1.165) is 30.0 Å². The van der Waals surface area contributed by atoms with Crippen molar-refractivity contribution in [3.05, 3.63) is 23.8 Å². The normalized spacial score (nSPS) is 18.3. The summed E-state index contributed by atoms with van der Waals surface area (Å²) in [7, 11) is 0. The smallest absolute Gasteiger partial charge is 0.224 e. The Morgan fingerprint density at radius 3 is 2.89 bits per heavy atom. The summed E-state index contributed by atoms with van der Waals surface area (Å²) in [5.41, 5.74) is 3.10. The summed E-state index contributed by atoms with van der Waals surface area (Å²) in [6.45, 7) is 5.96. The zero-order chi connectivity index (χ0) is 13.7. The van der Waals surface area contributed by atoms with Crippen molar-refractivity contribution in [1.29, 1.82) is 0 Å². The van der Waals surface area contributed by atoms with E-state index < -0.39 is 0 Å². The Hall–Kier alpha value is -1.55. The molecule has 19 heavy (non-hydrogen) atoms. The maximum atomic E-state index is 11.5. The van der Waals surface area contributed by atoms with Gasteiger partial charge in [0.15, 0.2) is 0 Å². The third-order valence-electron chi connectivity index (χ3n) is 3.63. The van der Waals surface area contributed by atoms with E-state index >= 15 is 0 Å². The molecule has 2 rings (SSSR count). The third kappa shape index (κ3) is 3.70. The van der Waals surface area contributed by atoms with E-state index in [9.17, 15) is 4.79 Å². The first kappa shape index (κ1) is 13.9. The number of nitrogens with one attached hydrogen (secondary N) is 3. The quantitative estimate of drug-likeness (QED) is 0.763. The van der Waals surface area contributed by atoms with E-state index in [1.54, 1.807) is 0 Å². The van der Waals surface area contributed by atoms with Crippen molar-refractivity contribution >= 4 is 17.3 Å². The monoisotopic (exact) mass is 261 g/mol.